The average Bonchev–Trinajstić information content (AvgIpc) is 3.05. The molecule has 2 aromatic rings. The van der Waals surface area contributed by atoms with E-state index in [1.807, 2.05) is 24.3 Å². The number of esters is 1. The van der Waals surface area contributed by atoms with Crippen LogP contribution in [0.25, 0.3) is 10.8 Å². The molecule has 0 spiro atoms. The van der Waals surface area contributed by atoms with Crippen molar-refractivity contribution in [2.75, 3.05) is 0 Å². The molecular weight excluding hydrogens is 414 g/mol. The zero-order chi connectivity index (χ0) is 22.6. The number of nitrogens with one attached hydrogen (secondary N) is 1. The normalized spacial score (nSPS) is 30.4. The highest BCUT2D eigenvalue weighted by molar-refractivity contribution is 7.89. The summed E-state index contributed by atoms with van der Waals surface area (Å²) in [5.41, 5.74) is -0.603. The number of aliphatic hydroxyl groups excluding tert-OH is 1. The number of hydrogen-bond donors (Lipinski definition) is 2. The molecule has 2 aromatic carbocycles. The minimum Gasteiger partial charge on any atom is -0.458 e. The van der Waals surface area contributed by atoms with Crippen LogP contribution in [0.3, 0.4) is 0 Å². The smallest absolute Gasteiger partial charge is 0.335 e. The van der Waals surface area contributed by atoms with E-state index in [4.69, 9.17) is 4.74 Å². The quantitative estimate of drug-likeness (QED) is 0.663. The van der Waals surface area contributed by atoms with Crippen molar-refractivity contribution in [3.8, 4) is 0 Å². The lowest BCUT2D eigenvalue weighted by Crippen LogP contribution is -2.52. The van der Waals surface area contributed by atoms with Gasteiger partial charge < -0.3 is 9.84 Å². The Morgan fingerprint density at radius 1 is 1.19 bits per heavy atom. The van der Waals surface area contributed by atoms with Crippen molar-refractivity contribution < 1.29 is 23.1 Å². The Labute approximate surface area is 184 Å². The topological polar surface area (TPSA) is 92.7 Å². The Morgan fingerprint density at radius 2 is 1.87 bits per heavy atom. The van der Waals surface area contributed by atoms with Crippen LogP contribution in [0, 0.1) is 16.7 Å². The summed E-state index contributed by atoms with van der Waals surface area (Å²) in [7, 11) is -3.87. The molecule has 7 heteroatoms. The molecule has 0 aromatic heterocycles. The van der Waals surface area contributed by atoms with Crippen LogP contribution in [0.4, 0.5) is 0 Å². The van der Waals surface area contributed by atoms with Gasteiger partial charge in [-0.2, -0.15) is 0 Å². The van der Waals surface area contributed by atoms with Crippen LogP contribution in [-0.2, 0) is 19.6 Å². The van der Waals surface area contributed by atoms with Crippen molar-refractivity contribution in [2.24, 2.45) is 16.7 Å². The van der Waals surface area contributed by atoms with Gasteiger partial charge in [-0.05, 0) is 42.0 Å². The third-order valence-corrected chi connectivity index (χ3v) is 9.51. The van der Waals surface area contributed by atoms with Gasteiger partial charge in [0.05, 0.1) is 10.9 Å². The molecule has 0 amide bonds. The summed E-state index contributed by atoms with van der Waals surface area (Å²) in [4.78, 5) is 12.7. The highest BCUT2D eigenvalue weighted by atomic mass is 32.2. The predicted octanol–water partition coefficient (Wildman–Crippen LogP) is 3.63. The molecule has 168 valence electrons. The number of rotatable bonds is 6. The highest BCUT2D eigenvalue weighted by Crippen LogP contribution is 2.66. The van der Waals surface area contributed by atoms with Gasteiger partial charge in [-0.15, -0.1) is 0 Å². The lowest BCUT2D eigenvalue weighted by atomic mass is 9.70. The number of carbonyl (C=O) groups is 1. The van der Waals surface area contributed by atoms with E-state index in [1.54, 1.807) is 25.1 Å². The third-order valence-electron chi connectivity index (χ3n) is 7.99. The van der Waals surface area contributed by atoms with Crippen LogP contribution in [0.1, 0.15) is 47.0 Å². The fraction of sp³-hybridized carbons (Fsp3) is 0.542. The number of benzene rings is 2. The fourth-order valence-electron chi connectivity index (χ4n) is 5.70. The van der Waals surface area contributed by atoms with Gasteiger partial charge >= 0.3 is 5.97 Å². The van der Waals surface area contributed by atoms with Crippen LogP contribution in [0.15, 0.2) is 47.4 Å². The van der Waals surface area contributed by atoms with Gasteiger partial charge in [0.1, 0.15) is 6.10 Å². The summed E-state index contributed by atoms with van der Waals surface area (Å²) >= 11 is 0. The van der Waals surface area contributed by atoms with Crippen molar-refractivity contribution in [1.29, 1.82) is 0 Å². The SMILES string of the molecule is CC[C@H](O)C(=O)O[C@@H]1[C@H](NS(=O)(=O)c2cccc3ccccc23)[C@H]2CC[C@]1(C)C2(C)C. The molecule has 2 aliphatic rings. The van der Waals surface area contributed by atoms with E-state index in [0.29, 0.717) is 5.39 Å². The van der Waals surface area contributed by atoms with Gasteiger partial charge in [0.25, 0.3) is 0 Å². The molecule has 4 rings (SSSR count). The molecular formula is C24H31NO5S. The highest BCUT2D eigenvalue weighted by Gasteiger charge is 2.68. The van der Waals surface area contributed by atoms with E-state index in [9.17, 15) is 18.3 Å². The predicted molar refractivity (Wildman–Crippen MR) is 119 cm³/mol. The molecule has 5 atom stereocenters. The number of aliphatic hydroxyl groups is 1. The first kappa shape index (κ1) is 22.2. The first-order valence-corrected chi connectivity index (χ1v) is 12.4. The number of ether oxygens (including phenoxy) is 1. The maximum atomic E-state index is 13.5. The van der Waals surface area contributed by atoms with Crippen molar-refractivity contribution in [3.05, 3.63) is 42.5 Å². The number of sulfonamides is 1. The van der Waals surface area contributed by atoms with E-state index in [0.717, 1.165) is 18.2 Å². The minimum atomic E-state index is -3.87. The largest absolute Gasteiger partial charge is 0.458 e. The standard InChI is InChI=1S/C24H31NO5S/c1-5-18(26)22(27)30-21-20(17-13-14-24(21,4)23(17,2)3)25-31(28,29)19-12-8-10-15-9-6-7-11-16(15)19/h6-12,17-18,20-21,25-26H,5,13-14H2,1-4H3/t17-,18+,20-,21-,24+/m1/s1. The van der Waals surface area contributed by atoms with E-state index in [1.165, 1.54) is 0 Å². The second-order valence-corrected chi connectivity index (χ2v) is 11.4. The monoisotopic (exact) mass is 445 g/mol. The molecule has 2 saturated carbocycles. The summed E-state index contributed by atoms with van der Waals surface area (Å²) in [5, 5.41) is 11.5. The van der Waals surface area contributed by atoms with Crippen LogP contribution >= 0.6 is 0 Å². The first-order valence-electron chi connectivity index (χ1n) is 10.9. The second kappa shape index (κ2) is 7.57. The zero-order valence-electron chi connectivity index (χ0n) is 18.5. The lowest BCUT2D eigenvalue weighted by molar-refractivity contribution is -0.168. The fourth-order valence-corrected chi connectivity index (χ4v) is 7.20. The van der Waals surface area contributed by atoms with Crippen molar-refractivity contribution in [1.82, 2.24) is 4.72 Å². The van der Waals surface area contributed by atoms with E-state index < -0.39 is 34.2 Å². The van der Waals surface area contributed by atoms with Crippen LogP contribution in [0.5, 0.6) is 0 Å². The molecule has 6 nitrogen and oxygen atoms in total. The molecule has 0 radical (unpaired) electrons. The Bertz CT molecular complexity index is 1110. The van der Waals surface area contributed by atoms with Crippen LogP contribution in [-0.4, -0.2) is 37.7 Å². The van der Waals surface area contributed by atoms with Crippen molar-refractivity contribution in [2.45, 2.75) is 70.1 Å². The summed E-state index contributed by atoms with van der Waals surface area (Å²) in [6.45, 7) is 8.01. The zero-order valence-corrected chi connectivity index (χ0v) is 19.3. The second-order valence-electron chi connectivity index (χ2n) is 9.69. The molecule has 2 N–H and O–H groups in total. The maximum Gasteiger partial charge on any atom is 0.335 e. The molecule has 2 fully saturated rings. The van der Waals surface area contributed by atoms with E-state index in [2.05, 4.69) is 25.5 Å². The summed E-state index contributed by atoms with van der Waals surface area (Å²) in [5.74, 6) is -0.662. The van der Waals surface area contributed by atoms with Crippen LogP contribution in [0.2, 0.25) is 0 Å². The summed E-state index contributed by atoms with van der Waals surface area (Å²) < 4.78 is 35.7. The third kappa shape index (κ3) is 3.38. The van der Waals surface area contributed by atoms with Gasteiger partial charge in [0.2, 0.25) is 10.0 Å². The van der Waals surface area contributed by atoms with E-state index >= 15 is 0 Å². The first-order chi connectivity index (χ1) is 14.5. The molecule has 0 unspecified atom stereocenters. The van der Waals surface area contributed by atoms with Gasteiger partial charge in [-0.3, -0.25) is 0 Å². The Morgan fingerprint density at radius 3 is 2.58 bits per heavy atom. The molecule has 2 bridgehead atoms. The van der Waals surface area contributed by atoms with Gasteiger partial charge in [0.15, 0.2) is 6.10 Å². The van der Waals surface area contributed by atoms with Gasteiger partial charge in [-0.25, -0.2) is 17.9 Å². The molecule has 31 heavy (non-hydrogen) atoms. The average molecular weight is 446 g/mol. The molecule has 2 aliphatic carbocycles. The number of fused-ring (bicyclic) bond motifs is 3. The van der Waals surface area contributed by atoms with Crippen LogP contribution < -0.4 is 4.72 Å². The maximum absolute atomic E-state index is 13.5. The Kier molecular flexibility index (Phi) is 5.43. The number of carbonyl (C=O) groups excluding carboxylic acids is 1. The lowest BCUT2D eigenvalue weighted by Gasteiger charge is -2.39. The minimum absolute atomic E-state index is 0.0267. The summed E-state index contributed by atoms with van der Waals surface area (Å²) in [6.07, 6.45) is 0.107. The number of hydrogen-bond acceptors (Lipinski definition) is 5. The molecule has 0 saturated heterocycles. The summed E-state index contributed by atoms with van der Waals surface area (Å²) in [6, 6.07) is 12.0. The Balaban J connectivity index is 1.72. The van der Waals surface area contributed by atoms with Crippen molar-refractivity contribution in [3.63, 3.8) is 0 Å². The molecule has 0 heterocycles. The van der Waals surface area contributed by atoms with Crippen molar-refractivity contribution >= 4 is 26.8 Å². The van der Waals surface area contributed by atoms with Gasteiger partial charge in [0, 0.05) is 10.8 Å². The van der Waals surface area contributed by atoms with E-state index in [-0.39, 0.29) is 28.1 Å². The Hall–Kier alpha value is -1.96. The molecule has 0 aliphatic heterocycles. The van der Waals surface area contributed by atoms with Gasteiger partial charge in [-0.1, -0.05) is 64.1 Å².